The fourth-order valence-corrected chi connectivity index (χ4v) is 3.19. The highest BCUT2D eigenvalue weighted by Crippen LogP contribution is 2.20. The molecule has 1 fully saturated rings. The molecule has 1 aliphatic rings. The first kappa shape index (κ1) is 15.0. The number of hydrogen-bond donors (Lipinski definition) is 1. The van der Waals surface area contributed by atoms with E-state index in [2.05, 4.69) is 28.9 Å². The van der Waals surface area contributed by atoms with Crippen LogP contribution in [0.1, 0.15) is 11.1 Å². The van der Waals surface area contributed by atoms with Gasteiger partial charge in [0.25, 0.3) is 0 Å². The Morgan fingerprint density at radius 3 is 2.85 bits per heavy atom. The molecule has 0 atom stereocenters. The van der Waals surface area contributed by atoms with Crippen molar-refractivity contribution in [3.8, 4) is 5.75 Å². The van der Waals surface area contributed by atoms with E-state index in [9.17, 15) is 0 Å². The zero-order valence-corrected chi connectivity index (χ0v) is 13.1. The summed E-state index contributed by atoms with van der Waals surface area (Å²) in [4.78, 5) is 6.67. The Balaban J connectivity index is 1.93. The molecule has 1 aromatic carbocycles. The number of methoxy groups -OCH3 is 1. The minimum absolute atomic E-state index is 0.678. The molecule has 0 aromatic heterocycles. The van der Waals surface area contributed by atoms with Crippen LogP contribution in [0.25, 0.3) is 0 Å². The molecule has 0 bridgehead atoms. The van der Waals surface area contributed by atoms with E-state index >= 15 is 0 Å². The van der Waals surface area contributed by atoms with Gasteiger partial charge in [-0.05, 0) is 25.0 Å². The minimum Gasteiger partial charge on any atom is -0.496 e. The maximum absolute atomic E-state index is 6.05. The topological polar surface area (TPSA) is 50.9 Å². The molecule has 0 spiro atoms. The van der Waals surface area contributed by atoms with Crippen molar-refractivity contribution in [2.24, 2.45) is 10.7 Å². The molecular weight excluding hydrogens is 270 g/mol. The van der Waals surface area contributed by atoms with Gasteiger partial charge in [-0.1, -0.05) is 17.7 Å². The van der Waals surface area contributed by atoms with Crippen molar-refractivity contribution in [3.05, 3.63) is 29.3 Å². The molecule has 0 unspecified atom stereocenters. The van der Waals surface area contributed by atoms with Gasteiger partial charge in [0.15, 0.2) is 5.96 Å². The Bertz CT molecular complexity index is 470. The molecule has 1 aliphatic heterocycles. The van der Waals surface area contributed by atoms with E-state index in [0.29, 0.717) is 12.5 Å². The van der Waals surface area contributed by atoms with Crippen molar-refractivity contribution in [2.45, 2.75) is 13.3 Å². The molecule has 4 nitrogen and oxygen atoms in total. The Morgan fingerprint density at radius 1 is 1.40 bits per heavy atom. The normalized spacial score (nSPS) is 16.3. The number of aliphatic imine (C=N–C) groups is 1. The fourth-order valence-electron chi connectivity index (χ4n) is 2.29. The van der Waals surface area contributed by atoms with Gasteiger partial charge >= 0.3 is 0 Å². The number of nitrogens with zero attached hydrogens (tertiary/aromatic N) is 2. The number of benzene rings is 1. The number of ether oxygens (including phenoxy) is 1. The summed E-state index contributed by atoms with van der Waals surface area (Å²) in [6, 6.07) is 6.23. The Hall–Kier alpha value is -1.36. The maximum atomic E-state index is 6.05. The van der Waals surface area contributed by atoms with Crippen LogP contribution < -0.4 is 10.5 Å². The van der Waals surface area contributed by atoms with Crippen molar-refractivity contribution in [1.29, 1.82) is 0 Å². The minimum atomic E-state index is 0.678. The fraction of sp³-hybridized carbons (Fsp3) is 0.533. The average Bonchev–Trinajstić information content (AvgIpc) is 2.48. The van der Waals surface area contributed by atoms with Crippen LogP contribution in [0.3, 0.4) is 0 Å². The summed E-state index contributed by atoms with van der Waals surface area (Å²) >= 11 is 1.97. The molecule has 0 radical (unpaired) electrons. The number of hydrogen-bond acceptors (Lipinski definition) is 3. The summed E-state index contributed by atoms with van der Waals surface area (Å²) in [6.45, 7) is 4.81. The van der Waals surface area contributed by atoms with Gasteiger partial charge < -0.3 is 15.4 Å². The van der Waals surface area contributed by atoms with Gasteiger partial charge in [-0.25, -0.2) is 0 Å². The zero-order valence-electron chi connectivity index (χ0n) is 12.3. The molecule has 20 heavy (non-hydrogen) atoms. The van der Waals surface area contributed by atoms with Gasteiger partial charge in [0, 0.05) is 31.1 Å². The van der Waals surface area contributed by atoms with Crippen molar-refractivity contribution in [2.75, 3.05) is 38.2 Å². The first-order valence-electron chi connectivity index (χ1n) is 6.97. The monoisotopic (exact) mass is 293 g/mol. The van der Waals surface area contributed by atoms with Crippen molar-refractivity contribution < 1.29 is 4.74 Å². The van der Waals surface area contributed by atoms with E-state index in [1.807, 2.05) is 17.8 Å². The summed E-state index contributed by atoms with van der Waals surface area (Å²) in [5.41, 5.74) is 8.48. The van der Waals surface area contributed by atoms with E-state index in [1.54, 1.807) is 7.11 Å². The highest BCUT2D eigenvalue weighted by molar-refractivity contribution is 7.99. The molecule has 0 amide bonds. The van der Waals surface area contributed by atoms with Crippen LogP contribution in [0, 0.1) is 6.92 Å². The third kappa shape index (κ3) is 4.07. The van der Waals surface area contributed by atoms with E-state index in [0.717, 1.165) is 36.8 Å². The third-order valence-electron chi connectivity index (χ3n) is 3.43. The molecular formula is C15H23N3OS. The Kier molecular flexibility index (Phi) is 5.59. The van der Waals surface area contributed by atoms with Gasteiger partial charge in [-0.15, -0.1) is 0 Å². The number of nitrogens with two attached hydrogens (primary N) is 1. The molecule has 2 N–H and O–H groups in total. The summed E-state index contributed by atoms with van der Waals surface area (Å²) in [5.74, 6) is 3.89. The molecule has 0 aliphatic carbocycles. The first-order valence-corrected chi connectivity index (χ1v) is 8.12. The van der Waals surface area contributed by atoms with E-state index < -0.39 is 0 Å². The van der Waals surface area contributed by atoms with E-state index in [-0.39, 0.29) is 0 Å². The lowest BCUT2D eigenvalue weighted by Crippen LogP contribution is -2.42. The van der Waals surface area contributed by atoms with Crippen LogP contribution in [0.2, 0.25) is 0 Å². The molecule has 1 saturated heterocycles. The number of rotatable bonds is 4. The van der Waals surface area contributed by atoms with Crippen LogP contribution in [0.15, 0.2) is 23.2 Å². The highest BCUT2D eigenvalue weighted by atomic mass is 32.2. The zero-order chi connectivity index (χ0) is 14.4. The molecule has 1 aromatic rings. The van der Waals surface area contributed by atoms with Crippen molar-refractivity contribution in [1.82, 2.24) is 4.90 Å². The largest absolute Gasteiger partial charge is 0.496 e. The van der Waals surface area contributed by atoms with Crippen LogP contribution >= 0.6 is 11.8 Å². The molecule has 2 rings (SSSR count). The predicted octanol–water partition coefficient (Wildman–Crippen LogP) is 1.91. The van der Waals surface area contributed by atoms with Crippen LogP contribution in [-0.2, 0) is 6.42 Å². The second-order valence-corrected chi connectivity index (χ2v) is 6.13. The highest BCUT2D eigenvalue weighted by Gasteiger charge is 2.12. The smallest absolute Gasteiger partial charge is 0.191 e. The van der Waals surface area contributed by atoms with Gasteiger partial charge in [-0.3, -0.25) is 4.99 Å². The summed E-state index contributed by atoms with van der Waals surface area (Å²) < 4.78 is 5.38. The molecule has 0 saturated carbocycles. The van der Waals surface area contributed by atoms with Crippen LogP contribution in [-0.4, -0.2) is 49.1 Å². The lowest BCUT2D eigenvalue weighted by molar-refractivity contribution is 0.409. The van der Waals surface area contributed by atoms with E-state index in [1.165, 1.54) is 11.1 Å². The van der Waals surface area contributed by atoms with Gasteiger partial charge in [0.1, 0.15) is 5.75 Å². The Labute approximate surface area is 125 Å². The molecule has 1 heterocycles. The van der Waals surface area contributed by atoms with Crippen molar-refractivity contribution >= 4 is 17.7 Å². The SMILES string of the molecule is COc1ccc(C)cc1CCN=C(N)N1CCSCC1. The number of aryl methyl sites for hydroxylation is 1. The van der Waals surface area contributed by atoms with Crippen LogP contribution in [0.5, 0.6) is 5.75 Å². The van der Waals surface area contributed by atoms with Crippen molar-refractivity contribution in [3.63, 3.8) is 0 Å². The summed E-state index contributed by atoms with van der Waals surface area (Å²) in [5, 5.41) is 0. The number of guanidine groups is 1. The second-order valence-electron chi connectivity index (χ2n) is 4.90. The maximum Gasteiger partial charge on any atom is 0.191 e. The second kappa shape index (κ2) is 7.43. The standard InChI is InChI=1S/C15H23N3OS/c1-12-3-4-14(19-2)13(11-12)5-6-17-15(16)18-7-9-20-10-8-18/h3-4,11H,5-10H2,1-2H3,(H2,16,17). The van der Waals surface area contributed by atoms with Gasteiger partial charge in [0.2, 0.25) is 0 Å². The predicted molar refractivity (Wildman–Crippen MR) is 86.8 cm³/mol. The molecule has 110 valence electrons. The lowest BCUT2D eigenvalue weighted by atomic mass is 10.1. The number of thioether (sulfide) groups is 1. The lowest BCUT2D eigenvalue weighted by Gasteiger charge is -2.27. The van der Waals surface area contributed by atoms with Gasteiger partial charge in [-0.2, -0.15) is 11.8 Å². The average molecular weight is 293 g/mol. The summed E-state index contributed by atoms with van der Waals surface area (Å²) in [7, 11) is 1.71. The van der Waals surface area contributed by atoms with Gasteiger partial charge in [0.05, 0.1) is 7.11 Å². The van der Waals surface area contributed by atoms with Crippen LogP contribution in [0.4, 0.5) is 0 Å². The summed E-state index contributed by atoms with van der Waals surface area (Å²) in [6.07, 6.45) is 0.855. The quantitative estimate of drug-likeness (QED) is 0.680. The molecule has 5 heteroatoms. The first-order chi connectivity index (χ1) is 9.70. The Morgan fingerprint density at radius 2 is 2.15 bits per heavy atom. The third-order valence-corrected chi connectivity index (χ3v) is 4.37. The van der Waals surface area contributed by atoms with E-state index in [4.69, 9.17) is 10.5 Å².